The highest BCUT2D eigenvalue weighted by atomic mass is 19.4. The van der Waals surface area contributed by atoms with Gasteiger partial charge in [-0.25, -0.2) is 15.0 Å². The van der Waals surface area contributed by atoms with E-state index in [0.29, 0.717) is 30.5 Å². The van der Waals surface area contributed by atoms with Gasteiger partial charge in [0.25, 0.3) is 5.91 Å². The van der Waals surface area contributed by atoms with E-state index in [9.17, 15) is 18.0 Å². The van der Waals surface area contributed by atoms with Crippen LogP contribution >= 0.6 is 0 Å². The van der Waals surface area contributed by atoms with Crippen LogP contribution < -0.4 is 11.1 Å². The van der Waals surface area contributed by atoms with Crippen molar-refractivity contribution in [3.63, 3.8) is 0 Å². The number of carbonyl (C=O) groups is 1. The van der Waals surface area contributed by atoms with Gasteiger partial charge in [0.1, 0.15) is 11.6 Å². The Morgan fingerprint density at radius 1 is 1.06 bits per heavy atom. The molecule has 4 aromatic rings. The van der Waals surface area contributed by atoms with Gasteiger partial charge in [-0.05, 0) is 43.2 Å². The predicted octanol–water partition coefficient (Wildman–Crippen LogP) is 4.54. The number of nitrogens with one attached hydrogen (secondary N) is 1. The van der Waals surface area contributed by atoms with E-state index in [1.54, 1.807) is 34.9 Å². The summed E-state index contributed by atoms with van der Waals surface area (Å²) in [6.45, 7) is 1.34. The lowest BCUT2D eigenvalue weighted by Crippen LogP contribution is -2.14. The van der Waals surface area contributed by atoms with Crippen LogP contribution in [-0.2, 0) is 10.9 Å². The van der Waals surface area contributed by atoms with Crippen molar-refractivity contribution in [1.29, 1.82) is 0 Å². The second kappa shape index (κ2) is 8.99. The van der Waals surface area contributed by atoms with Gasteiger partial charge in [-0.2, -0.15) is 13.2 Å². The Morgan fingerprint density at radius 2 is 1.77 bits per heavy atom. The van der Waals surface area contributed by atoms with Gasteiger partial charge in [-0.1, -0.05) is 12.1 Å². The maximum absolute atomic E-state index is 12.9. The van der Waals surface area contributed by atoms with Crippen LogP contribution in [0.5, 0.6) is 0 Å². The summed E-state index contributed by atoms with van der Waals surface area (Å²) in [5.41, 5.74) is 8.05. The predicted molar refractivity (Wildman–Crippen MR) is 123 cm³/mol. The Morgan fingerprint density at radius 3 is 2.49 bits per heavy atom. The molecule has 11 heteroatoms. The second-order valence-electron chi connectivity index (χ2n) is 8.19. The summed E-state index contributed by atoms with van der Waals surface area (Å²) in [4.78, 5) is 25.5. The zero-order valence-corrected chi connectivity index (χ0v) is 18.4. The number of aromatic nitrogens is 4. The number of ether oxygens (including phenoxy) is 1. The molecule has 0 saturated carbocycles. The van der Waals surface area contributed by atoms with Crippen molar-refractivity contribution in [2.24, 2.45) is 0 Å². The van der Waals surface area contributed by atoms with Crippen molar-refractivity contribution in [1.82, 2.24) is 19.4 Å². The topological polar surface area (TPSA) is 107 Å². The van der Waals surface area contributed by atoms with E-state index in [0.717, 1.165) is 42.4 Å². The van der Waals surface area contributed by atoms with Crippen molar-refractivity contribution >= 4 is 23.2 Å². The minimum absolute atomic E-state index is 0.187. The van der Waals surface area contributed by atoms with E-state index >= 15 is 0 Å². The molecule has 35 heavy (non-hydrogen) atoms. The maximum Gasteiger partial charge on any atom is 0.416 e. The lowest BCUT2D eigenvalue weighted by molar-refractivity contribution is -0.137. The van der Waals surface area contributed by atoms with Crippen molar-refractivity contribution < 1.29 is 22.7 Å². The smallest absolute Gasteiger partial charge is 0.381 e. The number of halogens is 3. The average molecular weight is 482 g/mol. The lowest BCUT2D eigenvalue weighted by Gasteiger charge is -2.20. The molecule has 3 aromatic heterocycles. The summed E-state index contributed by atoms with van der Waals surface area (Å²) in [5.74, 6) is 0.354. The number of nitrogens with two attached hydrogens (primary N) is 1. The van der Waals surface area contributed by atoms with Crippen LogP contribution in [0.2, 0.25) is 0 Å². The molecular weight excluding hydrogens is 461 g/mol. The summed E-state index contributed by atoms with van der Waals surface area (Å²) >= 11 is 0. The number of rotatable bonds is 4. The van der Waals surface area contributed by atoms with Gasteiger partial charge < -0.3 is 15.8 Å². The van der Waals surface area contributed by atoms with Crippen LogP contribution in [0.25, 0.3) is 16.9 Å². The van der Waals surface area contributed by atoms with Gasteiger partial charge in [-0.15, -0.1) is 0 Å². The van der Waals surface area contributed by atoms with Crippen LogP contribution in [0.3, 0.4) is 0 Å². The van der Waals surface area contributed by atoms with Crippen LogP contribution in [0.4, 0.5) is 24.9 Å². The molecule has 0 spiro atoms. The van der Waals surface area contributed by atoms with E-state index in [1.165, 1.54) is 0 Å². The largest absolute Gasteiger partial charge is 0.416 e. The first-order chi connectivity index (χ1) is 16.8. The molecule has 1 aliphatic rings. The number of benzene rings is 1. The fraction of sp³-hybridized carbons (Fsp3) is 0.250. The molecule has 0 atom stereocenters. The van der Waals surface area contributed by atoms with Gasteiger partial charge in [-0.3, -0.25) is 9.20 Å². The number of amides is 1. The van der Waals surface area contributed by atoms with E-state index in [4.69, 9.17) is 15.5 Å². The first-order valence-corrected chi connectivity index (χ1v) is 11.0. The summed E-state index contributed by atoms with van der Waals surface area (Å²) < 4.78 is 46.0. The highest BCUT2D eigenvalue weighted by Gasteiger charge is 2.31. The zero-order chi connectivity index (χ0) is 24.6. The normalized spacial score (nSPS) is 14.8. The number of nitrogens with zero attached hydrogens (tertiary/aromatic N) is 4. The second-order valence-corrected chi connectivity index (χ2v) is 8.19. The summed E-state index contributed by atoms with van der Waals surface area (Å²) in [6, 6.07) is 10.1. The lowest BCUT2D eigenvalue weighted by atomic mass is 9.96. The van der Waals surface area contributed by atoms with E-state index in [1.807, 2.05) is 6.07 Å². The number of anilines is 2. The average Bonchev–Trinajstić information content (AvgIpc) is 3.25. The number of hydrogen-bond acceptors (Lipinski definition) is 6. The van der Waals surface area contributed by atoms with E-state index < -0.39 is 17.6 Å². The number of pyridine rings is 1. The Labute approximate surface area is 198 Å². The molecule has 1 fully saturated rings. The number of nitrogen functional groups attached to an aromatic ring is 1. The first-order valence-electron chi connectivity index (χ1n) is 11.0. The molecule has 0 unspecified atom stereocenters. The zero-order valence-electron chi connectivity index (χ0n) is 18.4. The summed E-state index contributed by atoms with van der Waals surface area (Å²) in [7, 11) is 0. The minimum atomic E-state index is -4.53. The van der Waals surface area contributed by atoms with Crippen molar-refractivity contribution in [3.05, 3.63) is 71.7 Å². The standard InChI is InChI=1S/C24H21F3N6O2/c25-24(26,27)17-5-9-29-19(13-17)31-22(34)16-3-1-15(2-4-16)21-32-20(14-7-11-35-12-8-14)18-6-10-30-23(28)33(18)21/h1-6,9-10,13-14H,7-8,11-12H2,(H2,28,30)(H,29,31,34). The fourth-order valence-corrected chi connectivity index (χ4v) is 4.18. The van der Waals surface area contributed by atoms with Crippen molar-refractivity contribution in [2.75, 3.05) is 24.3 Å². The molecule has 8 nitrogen and oxygen atoms in total. The number of fused-ring (bicyclic) bond motifs is 1. The van der Waals surface area contributed by atoms with Crippen LogP contribution in [-0.4, -0.2) is 38.5 Å². The molecule has 180 valence electrons. The molecule has 1 saturated heterocycles. The number of hydrogen-bond donors (Lipinski definition) is 2. The summed E-state index contributed by atoms with van der Waals surface area (Å²) in [6.07, 6.45) is -0.168. The van der Waals surface area contributed by atoms with E-state index in [2.05, 4.69) is 15.3 Å². The first kappa shape index (κ1) is 22.8. The molecule has 0 aliphatic carbocycles. The summed E-state index contributed by atoms with van der Waals surface area (Å²) in [5, 5.41) is 2.40. The number of alkyl halides is 3. The van der Waals surface area contributed by atoms with Crippen LogP contribution in [0.15, 0.2) is 54.9 Å². The maximum atomic E-state index is 12.9. The molecule has 1 amide bonds. The third kappa shape index (κ3) is 4.54. The van der Waals surface area contributed by atoms with Gasteiger partial charge in [0.15, 0.2) is 0 Å². The molecule has 1 aliphatic heterocycles. The van der Waals surface area contributed by atoms with Gasteiger partial charge in [0.2, 0.25) is 5.95 Å². The molecule has 5 rings (SSSR count). The van der Waals surface area contributed by atoms with Crippen molar-refractivity contribution in [2.45, 2.75) is 24.9 Å². The Bertz CT molecular complexity index is 1380. The molecule has 0 bridgehead atoms. The number of imidazole rings is 1. The molecule has 4 heterocycles. The Hall–Kier alpha value is -3.99. The third-order valence-electron chi connectivity index (χ3n) is 5.95. The van der Waals surface area contributed by atoms with Gasteiger partial charge in [0, 0.05) is 42.7 Å². The monoisotopic (exact) mass is 482 g/mol. The molecular formula is C24H21F3N6O2. The molecule has 1 aromatic carbocycles. The highest BCUT2D eigenvalue weighted by Crippen LogP contribution is 2.34. The van der Waals surface area contributed by atoms with Crippen LogP contribution in [0, 0.1) is 0 Å². The molecule has 3 N–H and O–H groups in total. The highest BCUT2D eigenvalue weighted by molar-refractivity contribution is 6.04. The van der Waals surface area contributed by atoms with Crippen LogP contribution in [0.1, 0.15) is 40.4 Å². The third-order valence-corrected chi connectivity index (χ3v) is 5.95. The quantitative estimate of drug-likeness (QED) is 0.442. The Balaban J connectivity index is 1.43. The minimum Gasteiger partial charge on any atom is -0.381 e. The fourth-order valence-electron chi connectivity index (χ4n) is 4.18. The SMILES string of the molecule is Nc1nccc2c(C3CCOCC3)nc(-c3ccc(C(=O)Nc4cc(C(F)(F)F)ccn4)cc3)n12. The molecule has 0 radical (unpaired) electrons. The van der Waals surface area contributed by atoms with Crippen molar-refractivity contribution in [3.8, 4) is 11.4 Å². The Kier molecular flexibility index (Phi) is 5.85. The van der Waals surface area contributed by atoms with Gasteiger partial charge >= 0.3 is 6.18 Å². The van der Waals surface area contributed by atoms with Gasteiger partial charge in [0.05, 0.1) is 16.8 Å². The van der Waals surface area contributed by atoms with E-state index in [-0.39, 0.29) is 17.3 Å². The number of carbonyl (C=O) groups excluding carboxylic acids is 1.